The molecule has 23 heavy (non-hydrogen) atoms. The molecule has 3 heterocycles. The largest absolute Gasteiger partial charge is 0.367 e. The van der Waals surface area contributed by atoms with E-state index in [1.165, 1.54) is 5.69 Å². The van der Waals surface area contributed by atoms with Crippen LogP contribution >= 0.6 is 11.6 Å². The molecule has 0 spiro atoms. The number of hydrogen-bond donors (Lipinski definition) is 1. The molecular weight excluding hydrogens is 310 g/mol. The van der Waals surface area contributed by atoms with Gasteiger partial charge in [0.15, 0.2) is 5.65 Å². The SMILES string of the molecule is Clc1cccc(Cn2cnc3c(N4CCNCC4)ccnc32)c1. The molecule has 1 aliphatic heterocycles. The number of imidazole rings is 1. The van der Waals surface area contributed by atoms with E-state index in [4.69, 9.17) is 11.6 Å². The fraction of sp³-hybridized carbons (Fsp3) is 0.294. The van der Waals surface area contributed by atoms with E-state index in [0.29, 0.717) is 0 Å². The highest BCUT2D eigenvalue weighted by atomic mass is 35.5. The Morgan fingerprint density at radius 2 is 2.00 bits per heavy atom. The number of nitrogens with one attached hydrogen (secondary N) is 1. The van der Waals surface area contributed by atoms with Gasteiger partial charge in [-0.05, 0) is 23.8 Å². The molecule has 118 valence electrons. The molecule has 0 unspecified atom stereocenters. The zero-order chi connectivity index (χ0) is 15.6. The second kappa shape index (κ2) is 6.18. The fourth-order valence-corrected chi connectivity index (χ4v) is 3.27. The van der Waals surface area contributed by atoms with Gasteiger partial charge in [-0.15, -0.1) is 0 Å². The Bertz CT molecular complexity index is 823. The molecule has 0 amide bonds. The maximum absolute atomic E-state index is 6.08. The van der Waals surface area contributed by atoms with Crippen LogP contribution in [0.15, 0.2) is 42.9 Å². The average Bonchev–Trinajstić information content (AvgIpc) is 2.99. The summed E-state index contributed by atoms with van der Waals surface area (Å²) in [5.74, 6) is 0. The molecule has 2 aromatic heterocycles. The number of hydrogen-bond acceptors (Lipinski definition) is 4. The average molecular weight is 328 g/mol. The van der Waals surface area contributed by atoms with Crippen molar-refractivity contribution in [3.8, 4) is 0 Å². The van der Waals surface area contributed by atoms with Crippen LogP contribution in [0.1, 0.15) is 5.56 Å². The topological polar surface area (TPSA) is 46.0 Å². The van der Waals surface area contributed by atoms with Crippen LogP contribution < -0.4 is 10.2 Å². The van der Waals surface area contributed by atoms with Crippen molar-refractivity contribution in [2.45, 2.75) is 6.54 Å². The second-order valence-electron chi connectivity index (χ2n) is 5.74. The molecule has 1 aromatic carbocycles. The highest BCUT2D eigenvalue weighted by Gasteiger charge is 2.16. The Balaban J connectivity index is 1.69. The van der Waals surface area contributed by atoms with Crippen molar-refractivity contribution < 1.29 is 0 Å². The first kappa shape index (κ1) is 14.5. The molecule has 0 saturated carbocycles. The predicted octanol–water partition coefficient (Wildman–Crippen LogP) is 2.54. The molecule has 0 bridgehead atoms. The zero-order valence-corrected chi connectivity index (χ0v) is 13.5. The monoisotopic (exact) mass is 327 g/mol. The van der Waals surface area contributed by atoms with E-state index in [2.05, 4.69) is 36.9 Å². The smallest absolute Gasteiger partial charge is 0.162 e. The summed E-state index contributed by atoms with van der Waals surface area (Å²) in [5, 5.41) is 4.13. The molecule has 6 heteroatoms. The summed E-state index contributed by atoms with van der Waals surface area (Å²) >= 11 is 6.08. The maximum atomic E-state index is 6.08. The van der Waals surface area contributed by atoms with Gasteiger partial charge in [0.05, 0.1) is 18.6 Å². The van der Waals surface area contributed by atoms with E-state index >= 15 is 0 Å². The maximum Gasteiger partial charge on any atom is 0.162 e. The van der Waals surface area contributed by atoms with Crippen LogP contribution in [-0.4, -0.2) is 40.7 Å². The number of anilines is 1. The van der Waals surface area contributed by atoms with Crippen LogP contribution in [0.25, 0.3) is 11.2 Å². The number of fused-ring (bicyclic) bond motifs is 1. The van der Waals surface area contributed by atoms with Gasteiger partial charge in [-0.3, -0.25) is 0 Å². The van der Waals surface area contributed by atoms with Crippen LogP contribution in [0.3, 0.4) is 0 Å². The van der Waals surface area contributed by atoms with Crippen molar-refractivity contribution in [2.24, 2.45) is 0 Å². The molecule has 1 aliphatic rings. The van der Waals surface area contributed by atoms with Gasteiger partial charge in [0, 0.05) is 37.4 Å². The Morgan fingerprint density at radius 3 is 2.83 bits per heavy atom. The lowest BCUT2D eigenvalue weighted by molar-refractivity contribution is 0.590. The first-order chi connectivity index (χ1) is 11.3. The highest BCUT2D eigenvalue weighted by Crippen LogP contribution is 2.25. The lowest BCUT2D eigenvalue weighted by Crippen LogP contribution is -2.43. The van der Waals surface area contributed by atoms with E-state index in [1.807, 2.05) is 30.7 Å². The van der Waals surface area contributed by atoms with Crippen LogP contribution in [0, 0.1) is 0 Å². The van der Waals surface area contributed by atoms with Crippen molar-refractivity contribution in [3.63, 3.8) is 0 Å². The van der Waals surface area contributed by atoms with Crippen molar-refractivity contribution in [3.05, 3.63) is 53.4 Å². The molecule has 3 aromatic rings. The van der Waals surface area contributed by atoms with Gasteiger partial charge in [0.1, 0.15) is 5.52 Å². The quantitative estimate of drug-likeness (QED) is 0.803. The van der Waals surface area contributed by atoms with Gasteiger partial charge in [-0.2, -0.15) is 0 Å². The summed E-state index contributed by atoms with van der Waals surface area (Å²) in [6, 6.07) is 9.96. The number of rotatable bonds is 3. The van der Waals surface area contributed by atoms with Crippen molar-refractivity contribution in [1.82, 2.24) is 19.9 Å². The normalized spacial score (nSPS) is 15.3. The third-order valence-corrected chi connectivity index (χ3v) is 4.42. The second-order valence-corrected chi connectivity index (χ2v) is 6.18. The van der Waals surface area contributed by atoms with Crippen LogP contribution in [0.4, 0.5) is 5.69 Å². The van der Waals surface area contributed by atoms with Crippen molar-refractivity contribution >= 4 is 28.5 Å². The Labute approximate surface area is 139 Å². The highest BCUT2D eigenvalue weighted by molar-refractivity contribution is 6.30. The fourth-order valence-electron chi connectivity index (χ4n) is 3.06. The summed E-state index contributed by atoms with van der Waals surface area (Å²) in [5.41, 5.74) is 4.20. The third-order valence-electron chi connectivity index (χ3n) is 4.18. The lowest BCUT2D eigenvalue weighted by atomic mass is 10.2. The van der Waals surface area contributed by atoms with Gasteiger partial charge in [0.25, 0.3) is 0 Å². The molecule has 5 nitrogen and oxygen atoms in total. The number of halogens is 1. The predicted molar refractivity (Wildman–Crippen MR) is 93.2 cm³/mol. The molecule has 1 N–H and O–H groups in total. The first-order valence-electron chi connectivity index (χ1n) is 7.81. The molecule has 1 saturated heterocycles. The molecule has 1 fully saturated rings. The third kappa shape index (κ3) is 2.90. The molecular formula is C17H18ClN5. The van der Waals surface area contributed by atoms with Gasteiger partial charge in [0.2, 0.25) is 0 Å². The number of pyridine rings is 1. The Hall–Kier alpha value is -2.11. The minimum atomic E-state index is 0.717. The molecule has 0 atom stereocenters. The Kier molecular flexibility index (Phi) is 3.89. The number of nitrogens with zero attached hydrogens (tertiary/aromatic N) is 4. The minimum Gasteiger partial charge on any atom is -0.367 e. The summed E-state index contributed by atoms with van der Waals surface area (Å²) in [6.07, 6.45) is 3.74. The van der Waals surface area contributed by atoms with Gasteiger partial charge >= 0.3 is 0 Å². The first-order valence-corrected chi connectivity index (χ1v) is 8.19. The Morgan fingerprint density at radius 1 is 1.13 bits per heavy atom. The van der Waals surface area contributed by atoms with E-state index in [0.717, 1.165) is 54.5 Å². The van der Waals surface area contributed by atoms with E-state index in [9.17, 15) is 0 Å². The molecule has 4 rings (SSSR count). The van der Waals surface area contributed by atoms with E-state index in [-0.39, 0.29) is 0 Å². The lowest BCUT2D eigenvalue weighted by Gasteiger charge is -2.29. The van der Waals surface area contributed by atoms with Gasteiger partial charge < -0.3 is 14.8 Å². The van der Waals surface area contributed by atoms with Crippen LogP contribution in [0.2, 0.25) is 5.02 Å². The number of piperazine rings is 1. The standard InChI is InChI=1S/C17H18ClN5/c18-14-3-1-2-13(10-14)11-23-12-21-16-15(4-5-20-17(16)23)22-8-6-19-7-9-22/h1-5,10,12,19H,6-9,11H2. The van der Waals surface area contributed by atoms with E-state index < -0.39 is 0 Å². The van der Waals surface area contributed by atoms with Crippen LogP contribution in [0.5, 0.6) is 0 Å². The van der Waals surface area contributed by atoms with Crippen molar-refractivity contribution in [2.75, 3.05) is 31.1 Å². The number of benzene rings is 1. The summed E-state index contributed by atoms with van der Waals surface area (Å²) in [7, 11) is 0. The molecule has 0 aliphatic carbocycles. The number of aromatic nitrogens is 3. The summed E-state index contributed by atoms with van der Waals surface area (Å²) in [4.78, 5) is 11.5. The summed E-state index contributed by atoms with van der Waals surface area (Å²) < 4.78 is 2.08. The van der Waals surface area contributed by atoms with Gasteiger partial charge in [-0.1, -0.05) is 23.7 Å². The molecule has 0 radical (unpaired) electrons. The van der Waals surface area contributed by atoms with Crippen LogP contribution in [-0.2, 0) is 6.54 Å². The van der Waals surface area contributed by atoms with Crippen molar-refractivity contribution in [1.29, 1.82) is 0 Å². The van der Waals surface area contributed by atoms with Gasteiger partial charge in [-0.25, -0.2) is 9.97 Å². The zero-order valence-electron chi connectivity index (χ0n) is 12.7. The minimum absolute atomic E-state index is 0.717. The van der Waals surface area contributed by atoms with E-state index in [1.54, 1.807) is 0 Å². The summed E-state index contributed by atoms with van der Waals surface area (Å²) in [6.45, 7) is 4.73.